The number of carbonyl (C=O) groups excluding carboxylic acids is 2. The number of nitrogens with one attached hydrogen (secondary N) is 3. The number of aromatic amines is 1. The van der Waals surface area contributed by atoms with Crippen LogP contribution in [0.25, 0.3) is 0 Å². The molecule has 2 fully saturated rings. The number of amides is 2. The Bertz CT molecular complexity index is 1260. The molecule has 1 aromatic carbocycles. The number of fused-ring (bicyclic) bond motifs is 3. The molecule has 0 radical (unpaired) electrons. The third kappa shape index (κ3) is 4.42. The number of carbonyl (C=O) groups is 2. The van der Waals surface area contributed by atoms with Gasteiger partial charge in [-0.3, -0.25) is 24.3 Å². The van der Waals surface area contributed by atoms with E-state index in [2.05, 4.69) is 25.4 Å². The van der Waals surface area contributed by atoms with E-state index >= 15 is 0 Å². The van der Waals surface area contributed by atoms with Gasteiger partial charge in [0.2, 0.25) is 11.9 Å². The number of rotatable bonds is 5. The van der Waals surface area contributed by atoms with Gasteiger partial charge >= 0.3 is 0 Å². The molecule has 0 unspecified atom stereocenters. The molecule has 3 N–H and O–H groups in total. The quantitative estimate of drug-likeness (QED) is 0.558. The minimum absolute atomic E-state index is 0.0417. The number of benzene rings is 1. The van der Waals surface area contributed by atoms with Crippen molar-refractivity contribution in [2.24, 2.45) is 0 Å². The number of piperidine rings is 1. The Morgan fingerprint density at radius 3 is 2.68 bits per heavy atom. The molecule has 1 spiro atoms. The lowest BCUT2D eigenvalue weighted by molar-refractivity contribution is -0.121. The highest BCUT2D eigenvalue weighted by molar-refractivity contribution is 6.11. The average Bonchev–Trinajstić information content (AvgIpc) is 3.20. The van der Waals surface area contributed by atoms with Crippen LogP contribution in [-0.4, -0.2) is 79.2 Å². The van der Waals surface area contributed by atoms with Crippen LogP contribution in [0.2, 0.25) is 0 Å². The molecule has 4 aliphatic rings. The zero-order valence-electron chi connectivity index (χ0n) is 21.1. The molecule has 4 heterocycles. The summed E-state index contributed by atoms with van der Waals surface area (Å²) < 4.78 is 5.39. The van der Waals surface area contributed by atoms with Crippen LogP contribution < -0.4 is 21.1 Å². The van der Waals surface area contributed by atoms with E-state index in [0.29, 0.717) is 44.0 Å². The summed E-state index contributed by atoms with van der Waals surface area (Å²) in [5.74, 6) is 0.389. The van der Waals surface area contributed by atoms with Gasteiger partial charge in [0.25, 0.3) is 11.5 Å². The Kier molecular flexibility index (Phi) is 6.46. The van der Waals surface area contributed by atoms with Crippen molar-refractivity contribution in [3.63, 3.8) is 0 Å². The van der Waals surface area contributed by atoms with E-state index in [1.807, 2.05) is 18.2 Å². The first-order valence-electron chi connectivity index (χ1n) is 13.5. The maximum atomic E-state index is 13.3. The molecule has 37 heavy (non-hydrogen) atoms. The first kappa shape index (κ1) is 24.1. The van der Waals surface area contributed by atoms with Crippen molar-refractivity contribution in [1.29, 1.82) is 0 Å². The summed E-state index contributed by atoms with van der Waals surface area (Å²) in [6.07, 6.45) is 4.80. The van der Waals surface area contributed by atoms with Crippen molar-refractivity contribution in [1.82, 2.24) is 20.2 Å². The maximum absolute atomic E-state index is 13.3. The van der Waals surface area contributed by atoms with Crippen molar-refractivity contribution >= 4 is 23.5 Å². The van der Waals surface area contributed by atoms with Gasteiger partial charge in [-0.1, -0.05) is 6.07 Å². The van der Waals surface area contributed by atoms with Crippen molar-refractivity contribution < 1.29 is 14.3 Å². The molecule has 0 saturated carbocycles. The van der Waals surface area contributed by atoms with Crippen LogP contribution in [-0.2, 0) is 27.8 Å². The first-order chi connectivity index (χ1) is 18.0. The third-order valence-electron chi connectivity index (χ3n) is 8.38. The second kappa shape index (κ2) is 9.90. The van der Waals surface area contributed by atoms with Crippen LogP contribution >= 0.6 is 0 Å². The number of aryl methyl sites for hydroxylation is 1. The molecule has 10 nitrogen and oxygen atoms in total. The zero-order chi connectivity index (χ0) is 25.4. The summed E-state index contributed by atoms with van der Waals surface area (Å²) >= 11 is 0. The molecule has 1 aliphatic carbocycles. The van der Waals surface area contributed by atoms with Crippen LogP contribution in [0.3, 0.4) is 0 Å². The van der Waals surface area contributed by atoms with Crippen LogP contribution in [0, 0.1) is 0 Å². The lowest BCUT2D eigenvalue weighted by Crippen LogP contribution is -2.48. The van der Waals surface area contributed by atoms with E-state index in [4.69, 9.17) is 9.72 Å². The summed E-state index contributed by atoms with van der Waals surface area (Å²) in [4.78, 5) is 51.4. The number of morpholine rings is 1. The van der Waals surface area contributed by atoms with Gasteiger partial charge < -0.3 is 20.3 Å². The summed E-state index contributed by atoms with van der Waals surface area (Å²) in [6.45, 7) is 5.65. The van der Waals surface area contributed by atoms with E-state index in [1.54, 1.807) is 0 Å². The number of H-pyrrole nitrogens is 1. The summed E-state index contributed by atoms with van der Waals surface area (Å²) in [6, 6.07) is 5.52. The Morgan fingerprint density at radius 1 is 1.08 bits per heavy atom. The third-order valence-corrected chi connectivity index (χ3v) is 8.38. The van der Waals surface area contributed by atoms with Crippen molar-refractivity contribution in [3.05, 3.63) is 50.9 Å². The van der Waals surface area contributed by atoms with Gasteiger partial charge in [0.05, 0.1) is 24.3 Å². The molecule has 0 bridgehead atoms. The fourth-order valence-corrected chi connectivity index (χ4v) is 6.28. The predicted molar refractivity (Wildman–Crippen MR) is 139 cm³/mol. The number of anilines is 2. The average molecular weight is 507 g/mol. The molecule has 2 saturated heterocycles. The highest BCUT2D eigenvalue weighted by Gasteiger charge is 2.50. The zero-order valence-corrected chi connectivity index (χ0v) is 21.1. The molecule has 196 valence electrons. The lowest BCUT2D eigenvalue weighted by atomic mass is 9.72. The Morgan fingerprint density at radius 2 is 1.86 bits per heavy atom. The number of aromatic nitrogens is 2. The second-order valence-corrected chi connectivity index (χ2v) is 10.5. The van der Waals surface area contributed by atoms with Crippen LogP contribution in [0.4, 0.5) is 11.6 Å². The van der Waals surface area contributed by atoms with Crippen molar-refractivity contribution in [2.45, 2.75) is 43.9 Å². The van der Waals surface area contributed by atoms with Gasteiger partial charge in [0.15, 0.2) is 0 Å². The smallest absolute Gasteiger partial charge is 0.255 e. The van der Waals surface area contributed by atoms with Crippen molar-refractivity contribution in [2.75, 3.05) is 62.7 Å². The number of hydrogen-bond acceptors (Lipinski definition) is 7. The number of nitrogens with zero attached hydrogens (tertiary/aromatic N) is 3. The molecule has 10 heteroatoms. The Balaban J connectivity index is 1.19. The van der Waals surface area contributed by atoms with Crippen LogP contribution in [0.5, 0.6) is 0 Å². The highest BCUT2D eigenvalue weighted by atomic mass is 16.5. The summed E-state index contributed by atoms with van der Waals surface area (Å²) in [5.41, 5.74) is 3.00. The predicted octanol–water partition coefficient (Wildman–Crippen LogP) is 1.20. The number of ether oxygens (including phenoxy) is 1. The molecular weight excluding hydrogens is 472 g/mol. The molecule has 3 aliphatic heterocycles. The first-order valence-corrected chi connectivity index (χ1v) is 13.5. The minimum Gasteiger partial charge on any atom is -0.379 e. The highest BCUT2D eigenvalue weighted by Crippen LogP contribution is 2.47. The minimum atomic E-state index is -0.765. The molecule has 6 rings (SSSR count). The number of hydrogen-bond donors (Lipinski definition) is 3. The molecule has 2 aromatic rings. The van der Waals surface area contributed by atoms with Crippen molar-refractivity contribution in [3.8, 4) is 0 Å². The Hall–Kier alpha value is -3.24. The maximum Gasteiger partial charge on any atom is 0.255 e. The van der Waals surface area contributed by atoms with Gasteiger partial charge in [0.1, 0.15) is 0 Å². The van der Waals surface area contributed by atoms with E-state index in [9.17, 15) is 14.4 Å². The standard InChI is InChI=1S/C27H34N6O4/c34-23(28-10-13-32-14-16-37-17-15-32)19-5-3-7-21-22(19)27(25(36)29-21)8-11-33(12-9-27)26-30-20-6-2-1-4-18(20)24(35)31-26/h3,5,7H,1-2,4,6,8-17H2,(H,28,34)(H,29,36)(H,30,31,35). The monoisotopic (exact) mass is 506 g/mol. The normalized spacial score (nSPS) is 20.9. The van der Waals surface area contributed by atoms with E-state index < -0.39 is 5.41 Å². The summed E-state index contributed by atoms with van der Waals surface area (Å²) in [5, 5.41) is 6.09. The SMILES string of the molecule is O=C(NCCN1CCOCC1)c1cccc2c1C1(CCN(c3nc4c(c(=O)[nH]3)CCCC4)CC1)C(=O)N2. The molecule has 0 atom stereocenters. The van der Waals surface area contributed by atoms with Gasteiger partial charge in [-0.15, -0.1) is 0 Å². The second-order valence-electron chi connectivity index (χ2n) is 10.5. The van der Waals surface area contributed by atoms with Crippen LogP contribution in [0.15, 0.2) is 23.0 Å². The Labute approximate surface area is 215 Å². The fraction of sp³-hybridized carbons (Fsp3) is 0.556. The fourth-order valence-electron chi connectivity index (χ4n) is 6.28. The van der Waals surface area contributed by atoms with Gasteiger partial charge in [-0.2, -0.15) is 0 Å². The van der Waals surface area contributed by atoms with Gasteiger partial charge in [0, 0.05) is 61.6 Å². The van der Waals surface area contributed by atoms with E-state index in [0.717, 1.165) is 81.0 Å². The van der Waals surface area contributed by atoms with Gasteiger partial charge in [-0.05, 0) is 50.7 Å². The summed E-state index contributed by atoms with van der Waals surface area (Å²) in [7, 11) is 0. The molecule has 2 amide bonds. The van der Waals surface area contributed by atoms with Gasteiger partial charge in [-0.25, -0.2) is 4.98 Å². The van der Waals surface area contributed by atoms with E-state index in [-0.39, 0.29) is 17.4 Å². The van der Waals surface area contributed by atoms with E-state index in [1.165, 1.54) is 0 Å². The largest absolute Gasteiger partial charge is 0.379 e. The topological polar surface area (TPSA) is 120 Å². The molecule has 1 aromatic heterocycles. The van der Waals surface area contributed by atoms with Crippen LogP contribution in [0.1, 0.15) is 52.9 Å². The lowest BCUT2D eigenvalue weighted by Gasteiger charge is -2.39. The molecular formula is C27H34N6O4.